The Labute approximate surface area is 130 Å². The molecule has 4 heteroatoms. The maximum atomic E-state index is 13.7. The van der Waals surface area contributed by atoms with Gasteiger partial charge in [-0.1, -0.05) is 48.5 Å². The number of hydrogen-bond donors (Lipinski definition) is 2. The smallest absolute Gasteiger partial charge is 0.234 e. The van der Waals surface area contributed by atoms with Crippen LogP contribution in [0.15, 0.2) is 54.6 Å². The minimum Gasteiger partial charge on any atom is -0.348 e. The summed E-state index contributed by atoms with van der Waals surface area (Å²) in [7, 11) is 0. The quantitative estimate of drug-likeness (QED) is 0.859. The lowest BCUT2D eigenvalue weighted by Gasteiger charge is -2.17. The number of carbonyl (C=O) groups is 1. The third-order valence-electron chi connectivity index (χ3n) is 3.62. The van der Waals surface area contributed by atoms with Crippen molar-refractivity contribution in [2.75, 3.05) is 6.54 Å². The zero-order valence-electron chi connectivity index (χ0n) is 12.8. The molecule has 0 aromatic heterocycles. The fourth-order valence-corrected chi connectivity index (χ4v) is 2.30. The van der Waals surface area contributed by atoms with Crippen molar-refractivity contribution in [1.82, 2.24) is 10.6 Å². The van der Waals surface area contributed by atoms with Crippen LogP contribution in [-0.2, 0) is 4.79 Å². The van der Waals surface area contributed by atoms with Gasteiger partial charge in [-0.05, 0) is 25.5 Å². The Morgan fingerprint density at radius 2 is 1.64 bits per heavy atom. The summed E-state index contributed by atoms with van der Waals surface area (Å²) in [5.74, 6) is -0.375. The van der Waals surface area contributed by atoms with E-state index in [9.17, 15) is 9.18 Å². The van der Waals surface area contributed by atoms with E-state index in [0.717, 1.165) is 5.56 Å². The van der Waals surface area contributed by atoms with Gasteiger partial charge in [-0.3, -0.25) is 4.79 Å². The number of nitrogens with one attached hydrogen (secondary N) is 2. The Hall–Kier alpha value is -2.20. The normalized spacial score (nSPS) is 13.4. The first-order chi connectivity index (χ1) is 10.6. The lowest BCUT2D eigenvalue weighted by atomic mass is 10.1. The van der Waals surface area contributed by atoms with Gasteiger partial charge in [-0.2, -0.15) is 0 Å². The summed E-state index contributed by atoms with van der Waals surface area (Å²) in [4.78, 5) is 12.0. The molecule has 2 aromatic carbocycles. The molecule has 2 aromatic rings. The summed E-state index contributed by atoms with van der Waals surface area (Å²) in [5.41, 5.74) is 1.62. The van der Waals surface area contributed by atoms with Crippen LogP contribution >= 0.6 is 0 Å². The molecule has 0 radical (unpaired) electrons. The van der Waals surface area contributed by atoms with Crippen molar-refractivity contribution in [1.29, 1.82) is 0 Å². The Morgan fingerprint density at radius 1 is 1.00 bits per heavy atom. The number of amides is 1. The molecular weight excluding hydrogens is 279 g/mol. The van der Waals surface area contributed by atoms with E-state index < -0.39 is 0 Å². The molecule has 3 nitrogen and oxygen atoms in total. The van der Waals surface area contributed by atoms with Crippen molar-refractivity contribution in [2.24, 2.45) is 0 Å². The Kier molecular flexibility index (Phi) is 5.67. The van der Waals surface area contributed by atoms with E-state index in [1.807, 2.05) is 44.2 Å². The highest BCUT2D eigenvalue weighted by atomic mass is 19.1. The van der Waals surface area contributed by atoms with Crippen LogP contribution in [0, 0.1) is 5.82 Å². The molecule has 0 bridgehead atoms. The molecule has 0 aliphatic heterocycles. The molecule has 2 atom stereocenters. The molecule has 2 rings (SSSR count). The first-order valence-corrected chi connectivity index (χ1v) is 7.40. The summed E-state index contributed by atoms with van der Waals surface area (Å²) in [6.45, 7) is 3.92. The van der Waals surface area contributed by atoms with Crippen LogP contribution in [0.5, 0.6) is 0 Å². The lowest BCUT2D eigenvalue weighted by Crippen LogP contribution is -2.36. The van der Waals surface area contributed by atoms with Crippen molar-refractivity contribution in [3.8, 4) is 0 Å². The standard InChI is InChI=1S/C18H21FN2O/c1-13(15-8-4-3-5-9-15)21-18(22)12-20-14(2)16-10-6-7-11-17(16)19/h3-11,13-14,20H,12H2,1-2H3,(H,21,22). The average Bonchev–Trinajstić information content (AvgIpc) is 2.54. The van der Waals surface area contributed by atoms with E-state index in [1.165, 1.54) is 6.07 Å². The largest absolute Gasteiger partial charge is 0.348 e. The first-order valence-electron chi connectivity index (χ1n) is 7.40. The molecule has 1 amide bonds. The number of carbonyl (C=O) groups excluding carboxylic acids is 1. The predicted octanol–water partition coefficient (Wildman–Crippen LogP) is 3.35. The van der Waals surface area contributed by atoms with Gasteiger partial charge in [-0.15, -0.1) is 0 Å². The third kappa shape index (κ3) is 4.40. The van der Waals surface area contributed by atoms with Crippen LogP contribution < -0.4 is 10.6 Å². The predicted molar refractivity (Wildman–Crippen MR) is 85.8 cm³/mol. The van der Waals surface area contributed by atoms with Crippen molar-refractivity contribution in [3.05, 3.63) is 71.5 Å². The summed E-state index contributed by atoms with van der Waals surface area (Å²) in [6.07, 6.45) is 0. The topological polar surface area (TPSA) is 41.1 Å². The summed E-state index contributed by atoms with van der Waals surface area (Å²) in [6, 6.07) is 16.1. The van der Waals surface area contributed by atoms with Crippen molar-refractivity contribution in [2.45, 2.75) is 25.9 Å². The van der Waals surface area contributed by atoms with Crippen LogP contribution in [-0.4, -0.2) is 12.5 Å². The zero-order chi connectivity index (χ0) is 15.9. The molecule has 0 aliphatic rings. The second-order valence-corrected chi connectivity index (χ2v) is 5.32. The van der Waals surface area contributed by atoms with Gasteiger partial charge in [0.25, 0.3) is 0 Å². The molecule has 0 saturated carbocycles. The van der Waals surface area contributed by atoms with E-state index >= 15 is 0 Å². The highest BCUT2D eigenvalue weighted by molar-refractivity contribution is 5.78. The van der Waals surface area contributed by atoms with Gasteiger partial charge in [-0.25, -0.2) is 4.39 Å². The number of rotatable bonds is 6. The maximum absolute atomic E-state index is 13.7. The van der Waals surface area contributed by atoms with Gasteiger partial charge in [0.15, 0.2) is 0 Å². The van der Waals surface area contributed by atoms with Crippen molar-refractivity contribution < 1.29 is 9.18 Å². The van der Waals surface area contributed by atoms with E-state index in [4.69, 9.17) is 0 Å². The fourth-order valence-electron chi connectivity index (χ4n) is 2.30. The maximum Gasteiger partial charge on any atom is 0.234 e. The number of halogens is 1. The molecule has 0 spiro atoms. The third-order valence-corrected chi connectivity index (χ3v) is 3.62. The van der Waals surface area contributed by atoms with Crippen molar-refractivity contribution in [3.63, 3.8) is 0 Å². The second-order valence-electron chi connectivity index (χ2n) is 5.32. The average molecular weight is 300 g/mol. The minimum absolute atomic E-state index is 0.0562. The molecule has 2 N–H and O–H groups in total. The minimum atomic E-state index is -0.263. The second kappa shape index (κ2) is 7.71. The summed E-state index contributed by atoms with van der Waals surface area (Å²) < 4.78 is 13.7. The van der Waals surface area contributed by atoms with Crippen LogP contribution in [0.1, 0.15) is 37.1 Å². The first kappa shape index (κ1) is 16.2. The van der Waals surface area contributed by atoms with E-state index in [1.54, 1.807) is 18.2 Å². The van der Waals surface area contributed by atoms with E-state index in [0.29, 0.717) is 5.56 Å². The van der Waals surface area contributed by atoms with Crippen LogP contribution in [0.25, 0.3) is 0 Å². The Bertz CT molecular complexity index is 615. The number of benzene rings is 2. The SMILES string of the molecule is CC(NC(=O)CNC(C)c1ccccc1F)c1ccccc1. The zero-order valence-corrected chi connectivity index (χ0v) is 12.8. The molecule has 116 valence electrons. The molecule has 0 heterocycles. The molecule has 2 unspecified atom stereocenters. The molecule has 22 heavy (non-hydrogen) atoms. The molecule has 0 saturated heterocycles. The fraction of sp³-hybridized carbons (Fsp3) is 0.278. The van der Waals surface area contributed by atoms with Crippen LogP contribution in [0.4, 0.5) is 4.39 Å². The Balaban J connectivity index is 1.84. The summed E-state index contributed by atoms with van der Waals surface area (Å²) >= 11 is 0. The highest BCUT2D eigenvalue weighted by Crippen LogP contribution is 2.15. The molecular formula is C18H21FN2O. The lowest BCUT2D eigenvalue weighted by molar-refractivity contribution is -0.121. The summed E-state index contributed by atoms with van der Waals surface area (Å²) in [5, 5.41) is 5.97. The van der Waals surface area contributed by atoms with Gasteiger partial charge in [0.05, 0.1) is 12.6 Å². The van der Waals surface area contributed by atoms with Gasteiger partial charge in [0, 0.05) is 11.6 Å². The monoisotopic (exact) mass is 300 g/mol. The number of hydrogen-bond acceptors (Lipinski definition) is 2. The van der Waals surface area contributed by atoms with Gasteiger partial charge in [0.1, 0.15) is 5.82 Å². The van der Waals surface area contributed by atoms with Gasteiger partial charge >= 0.3 is 0 Å². The molecule has 0 fully saturated rings. The van der Waals surface area contributed by atoms with Crippen LogP contribution in [0.2, 0.25) is 0 Å². The Morgan fingerprint density at radius 3 is 2.32 bits per heavy atom. The van der Waals surface area contributed by atoms with E-state index in [2.05, 4.69) is 10.6 Å². The molecule has 0 aliphatic carbocycles. The van der Waals surface area contributed by atoms with Gasteiger partial charge in [0.2, 0.25) is 5.91 Å². The van der Waals surface area contributed by atoms with Gasteiger partial charge < -0.3 is 10.6 Å². The highest BCUT2D eigenvalue weighted by Gasteiger charge is 2.13. The van der Waals surface area contributed by atoms with Crippen LogP contribution in [0.3, 0.4) is 0 Å². The van der Waals surface area contributed by atoms with Crippen molar-refractivity contribution >= 4 is 5.91 Å². The van der Waals surface area contributed by atoms with E-state index in [-0.39, 0.29) is 30.4 Å².